The molecule has 2 heterocycles. The van der Waals surface area contributed by atoms with E-state index in [2.05, 4.69) is 21.2 Å². The number of sulfonamides is 1. The Kier molecular flexibility index (Phi) is 6.17. The number of halogens is 1. The molecule has 2 unspecified atom stereocenters. The van der Waals surface area contributed by atoms with E-state index >= 15 is 0 Å². The van der Waals surface area contributed by atoms with Crippen LogP contribution in [0.2, 0.25) is 0 Å². The molecule has 3 rings (SSSR count). The Morgan fingerprint density at radius 1 is 1.27 bits per heavy atom. The smallest absolute Gasteiger partial charge is 0.243 e. The summed E-state index contributed by atoms with van der Waals surface area (Å²) in [6, 6.07) is 9.63. The van der Waals surface area contributed by atoms with Gasteiger partial charge in [0.05, 0.1) is 10.9 Å². The quantitative estimate of drug-likeness (QED) is 0.740. The first-order chi connectivity index (χ1) is 12.4. The Hall–Kier alpha value is -1.22. The maximum atomic E-state index is 13.1. The molecule has 8 heteroatoms. The number of hydrogen-bond acceptors (Lipinski definition) is 4. The molecule has 1 aromatic heterocycles. The van der Waals surface area contributed by atoms with Gasteiger partial charge in [-0.3, -0.25) is 4.79 Å². The van der Waals surface area contributed by atoms with Crippen LogP contribution >= 0.6 is 27.3 Å². The lowest BCUT2D eigenvalue weighted by Crippen LogP contribution is -2.52. The number of carbonyl (C=O) groups excluding carboxylic acids is 1. The fourth-order valence-electron chi connectivity index (χ4n) is 3.12. The Morgan fingerprint density at radius 2 is 2.00 bits per heavy atom. The lowest BCUT2D eigenvalue weighted by molar-refractivity contribution is -0.126. The summed E-state index contributed by atoms with van der Waals surface area (Å²) in [5.41, 5.74) is 0. The maximum absolute atomic E-state index is 13.1. The van der Waals surface area contributed by atoms with Crippen molar-refractivity contribution in [2.75, 3.05) is 6.54 Å². The van der Waals surface area contributed by atoms with Crippen LogP contribution in [0.4, 0.5) is 0 Å². The van der Waals surface area contributed by atoms with Gasteiger partial charge in [0.2, 0.25) is 15.9 Å². The summed E-state index contributed by atoms with van der Waals surface area (Å²) < 4.78 is 28.3. The minimum Gasteiger partial charge on any atom is -0.347 e. The Bertz CT molecular complexity index is 851. The molecule has 0 radical (unpaired) electrons. The minimum absolute atomic E-state index is 0.137. The van der Waals surface area contributed by atoms with E-state index in [0.717, 1.165) is 22.2 Å². The monoisotopic (exact) mass is 456 g/mol. The third-order valence-corrected chi connectivity index (χ3v) is 8.01. The molecule has 1 saturated heterocycles. The van der Waals surface area contributed by atoms with E-state index in [1.807, 2.05) is 24.4 Å². The van der Waals surface area contributed by atoms with Gasteiger partial charge in [-0.2, -0.15) is 4.31 Å². The Balaban J connectivity index is 1.81. The van der Waals surface area contributed by atoms with Crippen molar-refractivity contribution >= 4 is 43.2 Å². The molecule has 0 bridgehead atoms. The number of nitrogens with one attached hydrogen (secondary N) is 1. The molecule has 1 fully saturated rings. The second kappa shape index (κ2) is 8.21. The van der Waals surface area contributed by atoms with Crippen molar-refractivity contribution in [3.63, 3.8) is 0 Å². The average molecular weight is 457 g/mol. The molecule has 2 aromatic rings. The van der Waals surface area contributed by atoms with Gasteiger partial charge in [-0.25, -0.2) is 8.42 Å². The summed E-state index contributed by atoms with van der Waals surface area (Å²) in [6.45, 7) is 2.28. The molecular weight excluding hydrogens is 436 g/mol. The molecule has 26 heavy (non-hydrogen) atoms. The molecule has 140 valence electrons. The van der Waals surface area contributed by atoms with Crippen LogP contribution in [0.15, 0.2) is 51.1 Å². The lowest BCUT2D eigenvalue weighted by atomic mass is 10.0. The van der Waals surface area contributed by atoms with Gasteiger partial charge >= 0.3 is 0 Å². The summed E-state index contributed by atoms with van der Waals surface area (Å²) in [5, 5.41) is 4.93. The standard InChI is InChI=1S/C18H21BrN2O3S2/c1-13(17-6-4-12-25-17)20-18(22)16-5-2-3-11-21(16)26(23,24)15-9-7-14(19)8-10-15/h4,6-10,12-13,16H,2-3,5,11H2,1H3,(H,20,22). The Labute approximate surface area is 166 Å². The number of piperidine rings is 1. The molecule has 1 amide bonds. The van der Waals surface area contributed by atoms with E-state index in [0.29, 0.717) is 13.0 Å². The summed E-state index contributed by atoms with van der Waals surface area (Å²) in [6.07, 6.45) is 2.15. The van der Waals surface area contributed by atoms with E-state index in [1.54, 1.807) is 35.6 Å². The summed E-state index contributed by atoms with van der Waals surface area (Å²) in [7, 11) is -3.71. The highest BCUT2D eigenvalue weighted by Gasteiger charge is 2.38. The van der Waals surface area contributed by atoms with Crippen LogP contribution in [-0.4, -0.2) is 31.2 Å². The zero-order chi connectivity index (χ0) is 18.7. The first kappa shape index (κ1) is 19.5. The number of hydrogen-bond donors (Lipinski definition) is 1. The molecule has 0 saturated carbocycles. The molecule has 2 atom stereocenters. The normalized spacial score (nSPS) is 19.8. The fraction of sp³-hybridized carbons (Fsp3) is 0.389. The van der Waals surface area contributed by atoms with Crippen molar-refractivity contribution in [3.8, 4) is 0 Å². The fourth-order valence-corrected chi connectivity index (χ4v) is 5.77. The number of rotatable bonds is 5. The highest BCUT2D eigenvalue weighted by molar-refractivity contribution is 9.10. The summed E-state index contributed by atoms with van der Waals surface area (Å²) in [4.78, 5) is 14.1. The molecule has 1 N–H and O–H groups in total. The lowest BCUT2D eigenvalue weighted by Gasteiger charge is -2.34. The zero-order valence-electron chi connectivity index (χ0n) is 14.4. The van der Waals surface area contributed by atoms with E-state index < -0.39 is 16.1 Å². The van der Waals surface area contributed by atoms with Crippen LogP contribution in [0.3, 0.4) is 0 Å². The van der Waals surface area contributed by atoms with Crippen molar-refractivity contribution in [1.82, 2.24) is 9.62 Å². The predicted molar refractivity (Wildman–Crippen MR) is 107 cm³/mol. The SMILES string of the molecule is CC(NC(=O)C1CCCCN1S(=O)(=O)c1ccc(Br)cc1)c1cccs1. The minimum atomic E-state index is -3.71. The van der Waals surface area contributed by atoms with E-state index in [-0.39, 0.29) is 16.8 Å². The first-order valence-electron chi connectivity index (χ1n) is 8.51. The van der Waals surface area contributed by atoms with Crippen LogP contribution in [0, 0.1) is 0 Å². The number of thiophene rings is 1. The van der Waals surface area contributed by atoms with Crippen molar-refractivity contribution in [3.05, 3.63) is 51.1 Å². The van der Waals surface area contributed by atoms with Crippen molar-refractivity contribution < 1.29 is 13.2 Å². The van der Waals surface area contributed by atoms with Crippen LogP contribution in [0.5, 0.6) is 0 Å². The molecule has 0 spiro atoms. The number of nitrogens with zero attached hydrogens (tertiary/aromatic N) is 1. The maximum Gasteiger partial charge on any atom is 0.243 e. The summed E-state index contributed by atoms with van der Waals surface area (Å²) in [5.74, 6) is -0.230. The second-order valence-corrected chi connectivity index (χ2v) is 10.1. The van der Waals surface area contributed by atoms with Crippen LogP contribution in [-0.2, 0) is 14.8 Å². The molecule has 1 aromatic carbocycles. The third-order valence-electron chi connectivity index (χ3n) is 4.51. The van der Waals surface area contributed by atoms with E-state index in [4.69, 9.17) is 0 Å². The largest absolute Gasteiger partial charge is 0.347 e. The van der Waals surface area contributed by atoms with E-state index in [9.17, 15) is 13.2 Å². The van der Waals surface area contributed by atoms with Gasteiger partial charge < -0.3 is 5.32 Å². The molecule has 1 aliphatic heterocycles. The van der Waals surface area contributed by atoms with Gasteiger partial charge in [-0.05, 0) is 55.5 Å². The number of amides is 1. The highest BCUT2D eigenvalue weighted by Crippen LogP contribution is 2.27. The second-order valence-electron chi connectivity index (χ2n) is 6.33. The number of carbonyl (C=O) groups is 1. The zero-order valence-corrected chi connectivity index (χ0v) is 17.6. The van der Waals surface area contributed by atoms with Crippen LogP contribution in [0.1, 0.15) is 37.1 Å². The van der Waals surface area contributed by atoms with Crippen LogP contribution in [0.25, 0.3) is 0 Å². The molecule has 5 nitrogen and oxygen atoms in total. The van der Waals surface area contributed by atoms with Crippen molar-refractivity contribution in [1.29, 1.82) is 0 Å². The highest BCUT2D eigenvalue weighted by atomic mass is 79.9. The topological polar surface area (TPSA) is 66.5 Å². The van der Waals surface area contributed by atoms with Gasteiger partial charge in [0.15, 0.2) is 0 Å². The van der Waals surface area contributed by atoms with E-state index in [1.165, 1.54) is 4.31 Å². The van der Waals surface area contributed by atoms with Crippen molar-refractivity contribution in [2.45, 2.75) is 43.2 Å². The molecule has 1 aliphatic rings. The summed E-state index contributed by atoms with van der Waals surface area (Å²) >= 11 is 4.89. The van der Waals surface area contributed by atoms with Gasteiger partial charge in [-0.1, -0.05) is 28.4 Å². The number of benzene rings is 1. The third kappa shape index (κ3) is 4.19. The van der Waals surface area contributed by atoms with Crippen molar-refractivity contribution in [2.24, 2.45) is 0 Å². The van der Waals surface area contributed by atoms with Gasteiger partial charge in [-0.15, -0.1) is 11.3 Å². The molecule has 0 aliphatic carbocycles. The molecular formula is C18H21BrN2O3S2. The van der Waals surface area contributed by atoms with Gasteiger partial charge in [0.1, 0.15) is 6.04 Å². The van der Waals surface area contributed by atoms with Gasteiger partial charge in [0.25, 0.3) is 0 Å². The predicted octanol–water partition coefficient (Wildman–Crippen LogP) is 3.93. The first-order valence-corrected chi connectivity index (χ1v) is 11.6. The Morgan fingerprint density at radius 3 is 2.65 bits per heavy atom. The van der Waals surface area contributed by atoms with Crippen LogP contribution < -0.4 is 5.32 Å². The van der Waals surface area contributed by atoms with Gasteiger partial charge in [0, 0.05) is 15.9 Å². The average Bonchev–Trinajstić information content (AvgIpc) is 3.17.